The topological polar surface area (TPSA) is 125 Å². The molecule has 2 heterocycles. The molecule has 0 aliphatic carbocycles. The molecule has 0 unspecified atom stereocenters. The highest BCUT2D eigenvalue weighted by molar-refractivity contribution is 7.18. The zero-order valence-corrected chi connectivity index (χ0v) is 18.5. The standard InChI is InChI=1S/C21H19N3O5S2/c1-3-28-21(26)18-16(15(9-22)19(23)31-18)10-29-17(25)8-13-11-30-20(24-13)12-4-6-14(27-2)7-5-12/h4-7,11H,3,8,10,23H2,1-2H3. The summed E-state index contributed by atoms with van der Waals surface area (Å²) < 4.78 is 15.4. The van der Waals surface area contributed by atoms with Crippen molar-refractivity contribution in [2.75, 3.05) is 19.5 Å². The quantitative estimate of drug-likeness (QED) is 0.507. The van der Waals surface area contributed by atoms with Crippen LogP contribution in [0.15, 0.2) is 29.6 Å². The number of nitrogen functional groups attached to an aromatic ring is 1. The largest absolute Gasteiger partial charge is 0.497 e. The first kappa shape index (κ1) is 22.3. The van der Waals surface area contributed by atoms with Crippen molar-refractivity contribution in [2.45, 2.75) is 20.0 Å². The number of thiophene rings is 1. The minimum absolute atomic E-state index is 0.0388. The van der Waals surface area contributed by atoms with Gasteiger partial charge in [-0.05, 0) is 31.2 Å². The second kappa shape index (κ2) is 10.1. The number of hydrogen-bond acceptors (Lipinski definition) is 10. The molecule has 0 saturated carbocycles. The van der Waals surface area contributed by atoms with E-state index in [4.69, 9.17) is 19.9 Å². The van der Waals surface area contributed by atoms with Crippen molar-refractivity contribution in [2.24, 2.45) is 0 Å². The summed E-state index contributed by atoms with van der Waals surface area (Å²) in [6.45, 7) is 1.60. The predicted molar refractivity (Wildman–Crippen MR) is 117 cm³/mol. The number of methoxy groups -OCH3 is 1. The second-order valence-electron chi connectivity index (χ2n) is 6.19. The van der Waals surface area contributed by atoms with Crippen LogP contribution >= 0.6 is 22.7 Å². The summed E-state index contributed by atoms with van der Waals surface area (Å²) in [5.41, 5.74) is 7.68. The van der Waals surface area contributed by atoms with Crippen LogP contribution in [0.4, 0.5) is 5.00 Å². The Morgan fingerprint density at radius 3 is 2.61 bits per heavy atom. The van der Waals surface area contributed by atoms with E-state index in [1.54, 1.807) is 19.4 Å². The molecule has 3 aromatic rings. The van der Waals surface area contributed by atoms with E-state index in [2.05, 4.69) is 4.98 Å². The highest BCUT2D eigenvalue weighted by atomic mass is 32.1. The van der Waals surface area contributed by atoms with E-state index in [1.807, 2.05) is 30.3 Å². The number of carbonyl (C=O) groups is 2. The smallest absolute Gasteiger partial charge is 0.348 e. The van der Waals surface area contributed by atoms with Gasteiger partial charge < -0.3 is 19.9 Å². The molecule has 0 fully saturated rings. The highest BCUT2D eigenvalue weighted by Gasteiger charge is 2.24. The number of benzene rings is 1. The van der Waals surface area contributed by atoms with Crippen molar-refractivity contribution in [1.82, 2.24) is 4.98 Å². The first-order valence-electron chi connectivity index (χ1n) is 9.19. The number of hydrogen-bond donors (Lipinski definition) is 1. The number of aromatic nitrogens is 1. The third kappa shape index (κ3) is 5.20. The molecule has 2 N–H and O–H groups in total. The monoisotopic (exact) mass is 457 g/mol. The van der Waals surface area contributed by atoms with Crippen LogP contribution in [0.3, 0.4) is 0 Å². The van der Waals surface area contributed by atoms with Crippen molar-refractivity contribution >= 4 is 39.6 Å². The van der Waals surface area contributed by atoms with Crippen LogP contribution < -0.4 is 10.5 Å². The zero-order valence-electron chi connectivity index (χ0n) is 16.8. The molecule has 0 aliphatic heterocycles. The fourth-order valence-corrected chi connectivity index (χ4v) is 4.46. The van der Waals surface area contributed by atoms with Crippen LogP contribution in [0.2, 0.25) is 0 Å². The molecule has 0 bridgehead atoms. The van der Waals surface area contributed by atoms with Gasteiger partial charge in [0.15, 0.2) is 0 Å². The number of nitrogens with zero attached hydrogens (tertiary/aromatic N) is 2. The van der Waals surface area contributed by atoms with Gasteiger partial charge in [-0.1, -0.05) is 0 Å². The number of nitrogens with two attached hydrogens (primary N) is 1. The average Bonchev–Trinajstić information content (AvgIpc) is 3.36. The van der Waals surface area contributed by atoms with Crippen molar-refractivity contribution in [3.05, 3.63) is 51.3 Å². The molecule has 10 heteroatoms. The van der Waals surface area contributed by atoms with Gasteiger partial charge in [-0.25, -0.2) is 9.78 Å². The van der Waals surface area contributed by atoms with Crippen LogP contribution in [-0.4, -0.2) is 30.6 Å². The Bertz CT molecular complexity index is 1130. The van der Waals surface area contributed by atoms with E-state index in [1.165, 1.54) is 11.3 Å². The lowest BCUT2D eigenvalue weighted by atomic mass is 10.1. The maximum Gasteiger partial charge on any atom is 0.348 e. The Morgan fingerprint density at radius 2 is 1.97 bits per heavy atom. The van der Waals surface area contributed by atoms with Crippen molar-refractivity contribution in [3.8, 4) is 22.4 Å². The van der Waals surface area contributed by atoms with Gasteiger partial charge in [0, 0.05) is 16.5 Å². The third-order valence-corrected chi connectivity index (χ3v) is 6.18. The van der Waals surface area contributed by atoms with E-state index in [-0.39, 0.29) is 40.6 Å². The van der Waals surface area contributed by atoms with Gasteiger partial charge in [0.25, 0.3) is 0 Å². The zero-order chi connectivity index (χ0) is 22.4. The molecule has 8 nitrogen and oxygen atoms in total. The van der Waals surface area contributed by atoms with Crippen molar-refractivity contribution in [1.29, 1.82) is 5.26 Å². The van der Waals surface area contributed by atoms with Crippen LogP contribution in [0.5, 0.6) is 5.75 Å². The molecule has 0 aliphatic rings. The molecule has 0 amide bonds. The fraction of sp³-hybridized carbons (Fsp3) is 0.238. The van der Waals surface area contributed by atoms with E-state index in [0.29, 0.717) is 5.69 Å². The highest BCUT2D eigenvalue weighted by Crippen LogP contribution is 2.32. The molecular weight excluding hydrogens is 438 g/mol. The molecular formula is C21H19N3O5S2. The summed E-state index contributed by atoms with van der Waals surface area (Å²) >= 11 is 2.36. The Kier molecular flexibility index (Phi) is 7.23. The summed E-state index contributed by atoms with van der Waals surface area (Å²) in [6, 6.07) is 9.41. The van der Waals surface area contributed by atoms with Gasteiger partial charge in [-0.15, -0.1) is 22.7 Å². The molecule has 31 heavy (non-hydrogen) atoms. The summed E-state index contributed by atoms with van der Waals surface area (Å²) in [5, 5.41) is 12.1. The number of anilines is 1. The molecule has 0 atom stereocenters. The second-order valence-corrected chi connectivity index (χ2v) is 8.10. The summed E-state index contributed by atoms with van der Waals surface area (Å²) in [7, 11) is 1.60. The van der Waals surface area contributed by atoms with E-state index < -0.39 is 11.9 Å². The normalized spacial score (nSPS) is 10.4. The van der Waals surface area contributed by atoms with Crippen LogP contribution in [-0.2, 0) is 27.3 Å². The molecule has 2 aromatic heterocycles. The molecule has 1 aromatic carbocycles. The van der Waals surface area contributed by atoms with Gasteiger partial charge >= 0.3 is 11.9 Å². The first-order chi connectivity index (χ1) is 15.0. The Hall–Kier alpha value is -3.42. The van der Waals surface area contributed by atoms with Gasteiger partial charge in [-0.2, -0.15) is 5.26 Å². The van der Waals surface area contributed by atoms with Gasteiger partial charge in [0.2, 0.25) is 0 Å². The SMILES string of the molecule is CCOC(=O)c1sc(N)c(C#N)c1COC(=O)Cc1csc(-c2ccc(OC)cc2)n1. The summed E-state index contributed by atoms with van der Waals surface area (Å²) in [4.78, 5) is 29.1. The van der Waals surface area contributed by atoms with E-state index in [0.717, 1.165) is 27.7 Å². The molecule has 0 radical (unpaired) electrons. The number of carbonyl (C=O) groups excluding carboxylic acids is 2. The maximum absolute atomic E-state index is 12.3. The Labute approximate surface area is 186 Å². The molecule has 3 rings (SSSR count). The van der Waals surface area contributed by atoms with E-state index in [9.17, 15) is 14.9 Å². The summed E-state index contributed by atoms with van der Waals surface area (Å²) in [6.07, 6.45) is -0.0388. The minimum Gasteiger partial charge on any atom is -0.497 e. The molecule has 160 valence electrons. The minimum atomic E-state index is -0.601. The van der Waals surface area contributed by atoms with Gasteiger partial charge in [-0.3, -0.25) is 4.79 Å². The Morgan fingerprint density at radius 1 is 1.23 bits per heavy atom. The lowest BCUT2D eigenvalue weighted by molar-refractivity contribution is -0.144. The van der Waals surface area contributed by atoms with Gasteiger partial charge in [0.1, 0.15) is 33.3 Å². The third-order valence-electron chi connectivity index (χ3n) is 4.20. The average molecular weight is 458 g/mol. The lowest BCUT2D eigenvalue weighted by Crippen LogP contribution is -2.11. The van der Waals surface area contributed by atoms with Crippen LogP contribution in [0.25, 0.3) is 10.6 Å². The number of esters is 2. The Balaban J connectivity index is 1.66. The molecule has 0 saturated heterocycles. The number of nitriles is 1. The van der Waals surface area contributed by atoms with Crippen molar-refractivity contribution < 1.29 is 23.8 Å². The van der Waals surface area contributed by atoms with Crippen molar-refractivity contribution in [3.63, 3.8) is 0 Å². The number of thiazole rings is 1. The number of rotatable bonds is 8. The lowest BCUT2D eigenvalue weighted by Gasteiger charge is -2.06. The predicted octanol–water partition coefficient (Wildman–Crippen LogP) is 3.80. The van der Waals surface area contributed by atoms with E-state index >= 15 is 0 Å². The number of ether oxygens (including phenoxy) is 3. The molecule has 0 spiro atoms. The van der Waals surface area contributed by atoms with Crippen LogP contribution in [0, 0.1) is 11.3 Å². The maximum atomic E-state index is 12.3. The summed E-state index contributed by atoms with van der Waals surface area (Å²) in [5.74, 6) is -0.387. The van der Waals surface area contributed by atoms with Gasteiger partial charge in [0.05, 0.1) is 31.4 Å². The first-order valence-corrected chi connectivity index (χ1v) is 10.9. The van der Waals surface area contributed by atoms with Crippen LogP contribution in [0.1, 0.15) is 33.4 Å². The fourth-order valence-electron chi connectivity index (χ4n) is 2.71.